The molecule has 2 N–H and O–H groups in total. The summed E-state index contributed by atoms with van der Waals surface area (Å²) in [5, 5.41) is 6.14. The molecule has 1 rings (SSSR count). The molecule has 22 heavy (non-hydrogen) atoms. The van der Waals surface area contributed by atoms with Gasteiger partial charge >= 0.3 is 0 Å². The van der Waals surface area contributed by atoms with Crippen molar-refractivity contribution in [2.45, 2.75) is 46.1 Å². The molecule has 4 heteroatoms. The number of rotatable bonds is 9. The molecule has 0 bridgehead atoms. The number of carbonyl (C=O) groups is 1. The summed E-state index contributed by atoms with van der Waals surface area (Å²) in [6.07, 6.45) is 1.39. The van der Waals surface area contributed by atoms with Crippen LogP contribution in [0.3, 0.4) is 0 Å². The maximum atomic E-state index is 12.0. The van der Waals surface area contributed by atoms with Crippen LogP contribution in [0.15, 0.2) is 24.3 Å². The van der Waals surface area contributed by atoms with Crippen LogP contribution in [-0.4, -0.2) is 26.1 Å². The molecule has 1 amide bonds. The van der Waals surface area contributed by atoms with Crippen LogP contribution < -0.4 is 15.4 Å². The van der Waals surface area contributed by atoms with Crippen LogP contribution in [-0.2, 0) is 10.3 Å². The van der Waals surface area contributed by atoms with E-state index in [9.17, 15) is 4.79 Å². The van der Waals surface area contributed by atoms with E-state index in [1.807, 2.05) is 45.2 Å². The van der Waals surface area contributed by atoms with Crippen molar-refractivity contribution in [3.8, 4) is 5.75 Å². The number of amides is 1. The summed E-state index contributed by atoms with van der Waals surface area (Å²) in [6.45, 7) is 9.86. The highest BCUT2D eigenvalue weighted by Crippen LogP contribution is 2.23. The second kappa shape index (κ2) is 8.79. The van der Waals surface area contributed by atoms with Crippen molar-refractivity contribution in [1.82, 2.24) is 10.6 Å². The van der Waals surface area contributed by atoms with Crippen LogP contribution in [0.25, 0.3) is 0 Å². The van der Waals surface area contributed by atoms with E-state index >= 15 is 0 Å². The van der Waals surface area contributed by atoms with Gasteiger partial charge in [-0.05, 0) is 57.5 Å². The summed E-state index contributed by atoms with van der Waals surface area (Å²) in [5.41, 5.74) is 0.694. The third-order valence-electron chi connectivity index (χ3n) is 3.44. The van der Waals surface area contributed by atoms with Crippen molar-refractivity contribution >= 4 is 5.91 Å². The molecule has 0 saturated heterocycles. The summed E-state index contributed by atoms with van der Waals surface area (Å²) in [7, 11) is 1.89. The Morgan fingerprint density at radius 3 is 2.41 bits per heavy atom. The molecule has 1 aromatic rings. The fraction of sp³-hybridized carbons (Fsp3) is 0.611. The maximum absolute atomic E-state index is 12.0. The van der Waals surface area contributed by atoms with Crippen molar-refractivity contribution in [3.05, 3.63) is 29.8 Å². The van der Waals surface area contributed by atoms with Gasteiger partial charge in [0.2, 0.25) is 5.91 Å². The summed E-state index contributed by atoms with van der Waals surface area (Å²) in [4.78, 5) is 12.0. The summed E-state index contributed by atoms with van der Waals surface area (Å²) in [6, 6.07) is 7.96. The Balaban J connectivity index is 2.58. The Morgan fingerprint density at radius 1 is 1.23 bits per heavy atom. The van der Waals surface area contributed by atoms with Crippen molar-refractivity contribution in [1.29, 1.82) is 0 Å². The molecule has 0 fully saturated rings. The summed E-state index contributed by atoms with van der Waals surface area (Å²) in [5.74, 6) is 1.46. The van der Waals surface area contributed by atoms with Crippen LogP contribution >= 0.6 is 0 Å². The van der Waals surface area contributed by atoms with E-state index in [0.29, 0.717) is 18.9 Å². The predicted molar refractivity (Wildman–Crippen MR) is 91.1 cm³/mol. The van der Waals surface area contributed by atoms with E-state index in [1.165, 1.54) is 0 Å². The van der Waals surface area contributed by atoms with Gasteiger partial charge in [0.05, 0.1) is 12.1 Å². The van der Waals surface area contributed by atoms with Crippen molar-refractivity contribution < 1.29 is 9.53 Å². The normalized spacial score (nSPS) is 11.5. The van der Waals surface area contributed by atoms with Gasteiger partial charge in [-0.2, -0.15) is 0 Å². The number of ether oxygens (including phenoxy) is 1. The topological polar surface area (TPSA) is 50.4 Å². The highest BCUT2D eigenvalue weighted by atomic mass is 16.5. The number of hydrogen-bond acceptors (Lipinski definition) is 3. The lowest BCUT2D eigenvalue weighted by Crippen LogP contribution is -2.41. The first-order valence-electron chi connectivity index (χ1n) is 8.04. The van der Waals surface area contributed by atoms with Gasteiger partial charge in [0.25, 0.3) is 0 Å². The lowest BCUT2D eigenvalue weighted by atomic mass is 9.94. The molecule has 0 spiro atoms. The molecule has 0 heterocycles. The first-order chi connectivity index (χ1) is 10.3. The minimum absolute atomic E-state index is 0.0837. The molecule has 0 aliphatic heterocycles. The molecule has 124 valence electrons. The van der Waals surface area contributed by atoms with Gasteiger partial charge in [-0.15, -0.1) is 0 Å². The Hall–Kier alpha value is -1.55. The summed E-state index contributed by atoms with van der Waals surface area (Å²) >= 11 is 0. The number of nitrogens with one attached hydrogen (secondary N) is 2. The molecule has 0 aromatic heterocycles. The molecule has 4 nitrogen and oxygen atoms in total. The monoisotopic (exact) mass is 306 g/mol. The van der Waals surface area contributed by atoms with Gasteiger partial charge in [-0.3, -0.25) is 4.79 Å². The molecule has 0 radical (unpaired) electrons. The second-order valence-electron chi connectivity index (χ2n) is 6.61. The van der Waals surface area contributed by atoms with E-state index in [-0.39, 0.29) is 11.4 Å². The van der Waals surface area contributed by atoms with Crippen LogP contribution in [0.2, 0.25) is 0 Å². The van der Waals surface area contributed by atoms with Gasteiger partial charge in [-0.1, -0.05) is 26.0 Å². The van der Waals surface area contributed by atoms with E-state index in [4.69, 9.17) is 4.74 Å². The van der Waals surface area contributed by atoms with Gasteiger partial charge in [0.1, 0.15) is 5.75 Å². The average molecular weight is 306 g/mol. The van der Waals surface area contributed by atoms with Gasteiger partial charge in [-0.25, -0.2) is 0 Å². The zero-order valence-corrected chi connectivity index (χ0v) is 14.5. The molecule has 0 saturated carbocycles. The summed E-state index contributed by atoms with van der Waals surface area (Å²) < 4.78 is 5.69. The lowest BCUT2D eigenvalue weighted by molar-refractivity contribution is -0.122. The zero-order valence-electron chi connectivity index (χ0n) is 14.5. The molecule has 0 aliphatic carbocycles. The first-order valence-corrected chi connectivity index (χ1v) is 8.04. The molecule has 1 aromatic carbocycles. The van der Waals surface area contributed by atoms with Crippen LogP contribution in [0.5, 0.6) is 5.75 Å². The fourth-order valence-corrected chi connectivity index (χ4v) is 2.14. The molecule has 0 unspecified atom stereocenters. The van der Waals surface area contributed by atoms with Crippen LogP contribution in [0.4, 0.5) is 0 Å². The SMILES string of the molecule is CNCCCC(=O)NC(C)(C)c1ccc(OCC(C)C)cc1. The smallest absolute Gasteiger partial charge is 0.220 e. The second-order valence-corrected chi connectivity index (χ2v) is 6.61. The quantitative estimate of drug-likeness (QED) is 0.689. The standard InChI is InChI=1S/C18H30N2O2/c1-14(2)13-22-16-10-8-15(9-11-16)18(3,4)20-17(21)7-6-12-19-5/h8-11,14,19H,6-7,12-13H2,1-5H3,(H,20,21). The zero-order chi connectivity index (χ0) is 16.6. The lowest BCUT2D eigenvalue weighted by Gasteiger charge is -2.27. The van der Waals surface area contributed by atoms with Gasteiger partial charge < -0.3 is 15.4 Å². The van der Waals surface area contributed by atoms with E-state index < -0.39 is 0 Å². The minimum Gasteiger partial charge on any atom is -0.493 e. The van der Waals surface area contributed by atoms with Gasteiger partial charge in [0.15, 0.2) is 0 Å². The third-order valence-corrected chi connectivity index (χ3v) is 3.44. The maximum Gasteiger partial charge on any atom is 0.220 e. The van der Waals surface area contributed by atoms with E-state index in [2.05, 4.69) is 24.5 Å². The fourth-order valence-electron chi connectivity index (χ4n) is 2.14. The Morgan fingerprint density at radius 2 is 1.86 bits per heavy atom. The van der Waals surface area contributed by atoms with Crippen molar-refractivity contribution in [3.63, 3.8) is 0 Å². The van der Waals surface area contributed by atoms with Crippen molar-refractivity contribution in [2.75, 3.05) is 20.2 Å². The highest BCUT2D eigenvalue weighted by molar-refractivity contribution is 5.76. The Kier molecular flexibility index (Phi) is 7.39. The number of benzene rings is 1. The van der Waals surface area contributed by atoms with Gasteiger partial charge in [0, 0.05) is 6.42 Å². The van der Waals surface area contributed by atoms with E-state index in [1.54, 1.807) is 0 Å². The molecular weight excluding hydrogens is 276 g/mol. The highest BCUT2D eigenvalue weighted by Gasteiger charge is 2.22. The largest absolute Gasteiger partial charge is 0.493 e. The molecule has 0 aliphatic rings. The van der Waals surface area contributed by atoms with Crippen LogP contribution in [0, 0.1) is 5.92 Å². The average Bonchev–Trinajstić information content (AvgIpc) is 2.45. The number of carbonyl (C=O) groups excluding carboxylic acids is 1. The van der Waals surface area contributed by atoms with Crippen LogP contribution in [0.1, 0.15) is 46.1 Å². The third kappa shape index (κ3) is 6.48. The van der Waals surface area contributed by atoms with Crippen molar-refractivity contribution in [2.24, 2.45) is 5.92 Å². The molecular formula is C18H30N2O2. The number of hydrogen-bond donors (Lipinski definition) is 2. The molecule has 0 atom stereocenters. The minimum atomic E-state index is -0.382. The Bertz CT molecular complexity index is 453. The Labute approximate surface area is 134 Å². The van der Waals surface area contributed by atoms with E-state index in [0.717, 1.165) is 24.3 Å². The predicted octanol–water partition coefficient (Wildman–Crippen LogP) is 3.07. The first kappa shape index (κ1) is 18.5.